The summed E-state index contributed by atoms with van der Waals surface area (Å²) in [5.41, 5.74) is 3.31. The molecule has 2 heterocycles. The first-order valence-corrected chi connectivity index (χ1v) is 9.55. The number of thiazole rings is 1. The normalized spacial score (nSPS) is 11.7. The van der Waals surface area contributed by atoms with Crippen molar-refractivity contribution in [3.8, 4) is 11.3 Å². The van der Waals surface area contributed by atoms with E-state index in [4.69, 9.17) is 0 Å². The summed E-state index contributed by atoms with van der Waals surface area (Å²) in [5, 5.41) is 7.94. The summed E-state index contributed by atoms with van der Waals surface area (Å²) in [5.74, 6) is -0.400. The van der Waals surface area contributed by atoms with Crippen molar-refractivity contribution in [3.63, 3.8) is 0 Å². The molecule has 0 aliphatic carbocycles. The van der Waals surface area contributed by atoms with Crippen LogP contribution in [0.2, 0.25) is 0 Å². The molecule has 1 atom stereocenters. The molecule has 0 saturated heterocycles. The molecule has 0 aliphatic rings. The van der Waals surface area contributed by atoms with Gasteiger partial charge >= 0.3 is 0 Å². The molecule has 0 saturated carbocycles. The fourth-order valence-corrected chi connectivity index (χ4v) is 3.50. The van der Waals surface area contributed by atoms with Gasteiger partial charge in [0.2, 0.25) is 11.5 Å². The molecule has 28 heavy (non-hydrogen) atoms. The van der Waals surface area contributed by atoms with Gasteiger partial charge in [0.05, 0.1) is 17.3 Å². The minimum Gasteiger partial charge on any atom is -0.350 e. The van der Waals surface area contributed by atoms with Crippen LogP contribution in [0.3, 0.4) is 0 Å². The number of anilines is 1. The summed E-state index contributed by atoms with van der Waals surface area (Å²) in [4.78, 5) is 41.9. The van der Waals surface area contributed by atoms with E-state index in [0.29, 0.717) is 16.4 Å². The van der Waals surface area contributed by atoms with E-state index in [1.54, 1.807) is 6.92 Å². The van der Waals surface area contributed by atoms with Gasteiger partial charge in [-0.1, -0.05) is 24.3 Å². The highest BCUT2D eigenvalue weighted by atomic mass is 32.1. The number of rotatable bonds is 5. The molecule has 2 amide bonds. The Morgan fingerprint density at radius 2 is 1.86 bits per heavy atom. The zero-order valence-corrected chi connectivity index (χ0v) is 16.5. The standard InChI is InChI=1S/C20H20N4O3S/c1-11(21-13(3)25)14-4-6-15(7-5-14)17-10-28-20(23-17)24-19(27)16-8-9-18(26)22-12(16)2/h4-11H,1-3H3,(H,21,25)(H,22,26)(H,23,24,27). The lowest BCUT2D eigenvalue weighted by atomic mass is 10.1. The molecule has 3 aromatic rings. The van der Waals surface area contributed by atoms with Crippen LogP contribution in [-0.2, 0) is 4.79 Å². The Labute approximate surface area is 165 Å². The third-order valence-electron chi connectivity index (χ3n) is 4.21. The maximum absolute atomic E-state index is 12.4. The van der Waals surface area contributed by atoms with Crippen molar-refractivity contribution < 1.29 is 9.59 Å². The van der Waals surface area contributed by atoms with Crippen LogP contribution in [0.25, 0.3) is 11.3 Å². The zero-order chi connectivity index (χ0) is 20.3. The first kappa shape index (κ1) is 19.5. The molecule has 3 N–H and O–H groups in total. The number of aromatic amines is 1. The van der Waals surface area contributed by atoms with Crippen molar-refractivity contribution in [2.75, 3.05) is 5.32 Å². The Kier molecular flexibility index (Phi) is 5.70. The van der Waals surface area contributed by atoms with Gasteiger partial charge in [-0.25, -0.2) is 4.98 Å². The summed E-state index contributed by atoms with van der Waals surface area (Å²) in [7, 11) is 0. The van der Waals surface area contributed by atoms with E-state index >= 15 is 0 Å². The van der Waals surface area contributed by atoms with Crippen LogP contribution in [0.15, 0.2) is 46.6 Å². The molecule has 3 rings (SSSR count). The van der Waals surface area contributed by atoms with Gasteiger partial charge in [-0.05, 0) is 25.5 Å². The maximum atomic E-state index is 12.4. The second kappa shape index (κ2) is 8.18. The van der Waals surface area contributed by atoms with Gasteiger partial charge in [0.15, 0.2) is 5.13 Å². The molecule has 1 aromatic carbocycles. The number of amides is 2. The number of carbonyl (C=O) groups excluding carboxylic acids is 2. The van der Waals surface area contributed by atoms with Crippen LogP contribution in [-0.4, -0.2) is 21.8 Å². The largest absolute Gasteiger partial charge is 0.350 e. The predicted octanol–water partition coefficient (Wildman–Crippen LogP) is 3.26. The highest BCUT2D eigenvalue weighted by Crippen LogP contribution is 2.26. The maximum Gasteiger partial charge on any atom is 0.259 e. The summed E-state index contributed by atoms with van der Waals surface area (Å²) in [6.07, 6.45) is 0. The second-order valence-electron chi connectivity index (χ2n) is 6.40. The van der Waals surface area contributed by atoms with E-state index < -0.39 is 0 Å². The number of aryl methyl sites for hydroxylation is 1. The van der Waals surface area contributed by atoms with Gasteiger partial charge in [-0.3, -0.25) is 19.7 Å². The van der Waals surface area contributed by atoms with Gasteiger partial charge in [0.1, 0.15) is 0 Å². The fraction of sp³-hybridized carbons (Fsp3) is 0.200. The van der Waals surface area contributed by atoms with E-state index in [1.165, 1.54) is 30.4 Å². The number of nitrogens with zero attached hydrogens (tertiary/aromatic N) is 1. The number of aromatic nitrogens is 2. The number of hydrogen-bond acceptors (Lipinski definition) is 5. The first-order chi connectivity index (χ1) is 13.3. The quantitative estimate of drug-likeness (QED) is 0.616. The molecule has 0 fully saturated rings. The number of nitrogens with one attached hydrogen (secondary N) is 3. The minimum absolute atomic E-state index is 0.0719. The Morgan fingerprint density at radius 3 is 2.50 bits per heavy atom. The van der Waals surface area contributed by atoms with E-state index in [2.05, 4.69) is 20.6 Å². The molecular formula is C20H20N4O3S. The summed E-state index contributed by atoms with van der Waals surface area (Å²) < 4.78 is 0. The third-order valence-corrected chi connectivity index (χ3v) is 4.97. The molecule has 7 nitrogen and oxygen atoms in total. The smallest absolute Gasteiger partial charge is 0.259 e. The van der Waals surface area contributed by atoms with Crippen LogP contribution >= 0.6 is 11.3 Å². The summed E-state index contributed by atoms with van der Waals surface area (Å²) in [6.45, 7) is 5.09. The minimum atomic E-state index is -0.325. The SMILES string of the molecule is CC(=O)NC(C)c1ccc(-c2csc(NC(=O)c3ccc(=O)[nH]c3C)n2)cc1. The van der Waals surface area contributed by atoms with Crippen molar-refractivity contribution in [1.29, 1.82) is 0 Å². The van der Waals surface area contributed by atoms with Crippen LogP contribution in [0.5, 0.6) is 0 Å². The molecule has 0 bridgehead atoms. The van der Waals surface area contributed by atoms with Crippen LogP contribution in [0, 0.1) is 6.92 Å². The molecule has 144 valence electrons. The van der Waals surface area contributed by atoms with Gasteiger partial charge in [-0.2, -0.15) is 0 Å². The third kappa shape index (κ3) is 4.52. The highest BCUT2D eigenvalue weighted by molar-refractivity contribution is 7.14. The van der Waals surface area contributed by atoms with Crippen LogP contribution < -0.4 is 16.2 Å². The molecule has 0 radical (unpaired) electrons. The second-order valence-corrected chi connectivity index (χ2v) is 7.26. The lowest BCUT2D eigenvalue weighted by Gasteiger charge is -2.13. The Morgan fingerprint density at radius 1 is 1.14 bits per heavy atom. The number of hydrogen-bond donors (Lipinski definition) is 3. The average molecular weight is 396 g/mol. The van der Waals surface area contributed by atoms with Gasteiger partial charge in [-0.15, -0.1) is 11.3 Å². The van der Waals surface area contributed by atoms with Crippen molar-refractivity contribution in [3.05, 3.63) is 69.0 Å². The predicted molar refractivity (Wildman–Crippen MR) is 110 cm³/mol. The first-order valence-electron chi connectivity index (χ1n) is 8.67. The molecule has 0 aliphatic heterocycles. The van der Waals surface area contributed by atoms with Crippen molar-refractivity contribution in [2.45, 2.75) is 26.8 Å². The van der Waals surface area contributed by atoms with Crippen molar-refractivity contribution in [2.24, 2.45) is 0 Å². The topological polar surface area (TPSA) is 104 Å². The number of pyridine rings is 1. The Hall–Kier alpha value is -3.26. The monoisotopic (exact) mass is 396 g/mol. The molecule has 2 aromatic heterocycles. The number of H-pyrrole nitrogens is 1. The van der Waals surface area contributed by atoms with Crippen molar-refractivity contribution in [1.82, 2.24) is 15.3 Å². The summed E-state index contributed by atoms with van der Waals surface area (Å²) >= 11 is 1.32. The van der Waals surface area contributed by atoms with Crippen LogP contribution in [0.1, 0.15) is 41.5 Å². The van der Waals surface area contributed by atoms with Gasteiger partial charge in [0, 0.05) is 29.6 Å². The van der Waals surface area contributed by atoms with Crippen LogP contribution in [0.4, 0.5) is 5.13 Å². The molecule has 8 heteroatoms. The summed E-state index contributed by atoms with van der Waals surface area (Å²) in [6, 6.07) is 10.5. The van der Waals surface area contributed by atoms with E-state index in [0.717, 1.165) is 16.8 Å². The van der Waals surface area contributed by atoms with Gasteiger partial charge in [0.25, 0.3) is 5.91 Å². The van der Waals surface area contributed by atoms with E-state index in [1.807, 2.05) is 36.6 Å². The van der Waals surface area contributed by atoms with E-state index in [-0.39, 0.29) is 23.4 Å². The Bertz CT molecular complexity index is 1070. The Balaban J connectivity index is 1.72. The lowest BCUT2D eigenvalue weighted by molar-refractivity contribution is -0.119. The molecular weight excluding hydrogens is 376 g/mol. The van der Waals surface area contributed by atoms with Crippen molar-refractivity contribution >= 4 is 28.3 Å². The number of benzene rings is 1. The number of carbonyl (C=O) groups is 2. The van der Waals surface area contributed by atoms with Gasteiger partial charge < -0.3 is 10.3 Å². The van der Waals surface area contributed by atoms with E-state index in [9.17, 15) is 14.4 Å². The zero-order valence-electron chi connectivity index (χ0n) is 15.7. The fourth-order valence-electron chi connectivity index (χ4n) is 2.78. The average Bonchev–Trinajstić information content (AvgIpc) is 3.09. The highest BCUT2D eigenvalue weighted by Gasteiger charge is 2.13. The molecule has 0 spiro atoms. The lowest BCUT2D eigenvalue weighted by Crippen LogP contribution is -2.23. The molecule has 1 unspecified atom stereocenters.